The van der Waals surface area contributed by atoms with Gasteiger partial charge in [0, 0.05) is 17.6 Å². The number of nitrogens with one attached hydrogen (secondary N) is 1. The molecule has 0 radical (unpaired) electrons. The molecule has 0 aliphatic carbocycles. The molecule has 2 amide bonds. The molecule has 0 spiro atoms. The highest BCUT2D eigenvalue weighted by Crippen LogP contribution is 2.26. The van der Waals surface area contributed by atoms with Crippen LogP contribution in [0.15, 0.2) is 83.8 Å². The number of hydrogen-bond acceptors (Lipinski definition) is 4. The zero-order valence-corrected chi connectivity index (χ0v) is 23.8. The molecule has 0 fully saturated rings. The van der Waals surface area contributed by atoms with E-state index in [0.717, 1.165) is 28.6 Å². The number of hydrogen-bond donors (Lipinski definition) is 1. The van der Waals surface area contributed by atoms with Gasteiger partial charge < -0.3 is 10.2 Å². The Morgan fingerprint density at radius 2 is 1.54 bits per heavy atom. The summed E-state index contributed by atoms with van der Waals surface area (Å²) in [5.41, 5.74) is 0.875. The van der Waals surface area contributed by atoms with Crippen LogP contribution in [0, 0.1) is 5.82 Å². The summed E-state index contributed by atoms with van der Waals surface area (Å²) in [6.07, 6.45) is 1.01. The molecule has 0 aromatic heterocycles. The Hall–Kier alpha value is -3.43. The standard InChI is InChI=1S/C29H33ClFN3O4S/c1-4-21(3)32-29(36)27(5-2)33(19-22-11-9-10-14-26(22)30)28(35)20-34(24-12-7-6-8-13-24)39(37,38)25-17-15-23(31)16-18-25/h6-18,21,27H,4-5,19-20H2,1-3H3,(H,32,36). The SMILES string of the molecule is CCC(C)NC(=O)C(CC)N(Cc1ccccc1Cl)C(=O)CN(c1ccccc1)S(=O)(=O)c1ccc(F)cc1. The van der Waals surface area contributed by atoms with E-state index >= 15 is 0 Å². The first-order valence-electron chi connectivity index (χ1n) is 12.7. The molecule has 0 bridgehead atoms. The number of nitrogens with zero attached hydrogens (tertiary/aromatic N) is 2. The summed E-state index contributed by atoms with van der Waals surface area (Å²) >= 11 is 6.40. The summed E-state index contributed by atoms with van der Waals surface area (Å²) in [5.74, 6) is -1.50. The molecule has 0 heterocycles. The fourth-order valence-corrected chi connectivity index (χ4v) is 5.64. The lowest BCUT2D eigenvalue weighted by Crippen LogP contribution is -2.53. The third-order valence-electron chi connectivity index (χ3n) is 6.41. The van der Waals surface area contributed by atoms with E-state index < -0.39 is 34.3 Å². The molecule has 7 nitrogen and oxygen atoms in total. The highest BCUT2D eigenvalue weighted by molar-refractivity contribution is 7.92. The number of amides is 2. The van der Waals surface area contributed by atoms with Crippen LogP contribution in [0.1, 0.15) is 39.2 Å². The lowest BCUT2D eigenvalue weighted by atomic mass is 10.1. The van der Waals surface area contributed by atoms with Gasteiger partial charge >= 0.3 is 0 Å². The number of anilines is 1. The first-order valence-corrected chi connectivity index (χ1v) is 14.6. The van der Waals surface area contributed by atoms with Crippen molar-refractivity contribution in [3.05, 3.63) is 95.3 Å². The van der Waals surface area contributed by atoms with E-state index in [1.165, 1.54) is 4.90 Å². The lowest BCUT2D eigenvalue weighted by molar-refractivity contribution is -0.140. The van der Waals surface area contributed by atoms with Crippen LogP contribution < -0.4 is 9.62 Å². The van der Waals surface area contributed by atoms with Crippen molar-refractivity contribution in [3.63, 3.8) is 0 Å². The molecule has 0 aliphatic heterocycles. The predicted molar refractivity (Wildman–Crippen MR) is 151 cm³/mol. The fraction of sp³-hybridized carbons (Fsp3) is 0.310. The number of carbonyl (C=O) groups is 2. The fourth-order valence-electron chi connectivity index (χ4n) is 4.03. The molecule has 3 rings (SSSR count). The van der Waals surface area contributed by atoms with Crippen molar-refractivity contribution in [2.24, 2.45) is 0 Å². The van der Waals surface area contributed by atoms with Crippen LogP contribution in [0.3, 0.4) is 0 Å². The van der Waals surface area contributed by atoms with Crippen molar-refractivity contribution in [2.45, 2.75) is 57.1 Å². The van der Waals surface area contributed by atoms with Gasteiger partial charge in [0.1, 0.15) is 18.4 Å². The van der Waals surface area contributed by atoms with E-state index in [0.29, 0.717) is 23.4 Å². The highest BCUT2D eigenvalue weighted by atomic mass is 35.5. The second-order valence-corrected chi connectivity index (χ2v) is 11.4. The van der Waals surface area contributed by atoms with Crippen LogP contribution in [-0.4, -0.2) is 43.8 Å². The smallest absolute Gasteiger partial charge is 0.264 e. The predicted octanol–water partition coefficient (Wildman–Crippen LogP) is 5.40. The first kappa shape index (κ1) is 30.1. The van der Waals surface area contributed by atoms with Gasteiger partial charge in [-0.3, -0.25) is 13.9 Å². The zero-order chi connectivity index (χ0) is 28.6. The summed E-state index contributed by atoms with van der Waals surface area (Å²) in [5, 5.41) is 3.35. The van der Waals surface area contributed by atoms with Crippen molar-refractivity contribution in [1.82, 2.24) is 10.2 Å². The summed E-state index contributed by atoms with van der Waals surface area (Å²) in [4.78, 5) is 28.4. The largest absolute Gasteiger partial charge is 0.352 e. The molecular weight excluding hydrogens is 541 g/mol. The van der Waals surface area contributed by atoms with Crippen LogP contribution in [0.4, 0.5) is 10.1 Å². The number of benzene rings is 3. The molecule has 0 saturated carbocycles. The minimum atomic E-state index is -4.26. The van der Waals surface area contributed by atoms with Gasteiger partial charge in [0.05, 0.1) is 10.6 Å². The minimum absolute atomic E-state index is 0.00413. The van der Waals surface area contributed by atoms with E-state index in [9.17, 15) is 22.4 Å². The lowest BCUT2D eigenvalue weighted by Gasteiger charge is -2.34. The van der Waals surface area contributed by atoms with Crippen molar-refractivity contribution >= 4 is 39.1 Å². The minimum Gasteiger partial charge on any atom is -0.352 e. The Kier molecular flexibility index (Phi) is 10.5. The molecule has 10 heteroatoms. The highest BCUT2D eigenvalue weighted by Gasteiger charge is 2.34. The average molecular weight is 574 g/mol. The second-order valence-electron chi connectivity index (χ2n) is 9.16. The van der Waals surface area contributed by atoms with Crippen molar-refractivity contribution in [3.8, 4) is 0 Å². The number of halogens is 2. The molecule has 39 heavy (non-hydrogen) atoms. The molecule has 1 N–H and O–H groups in total. The normalized spacial score (nSPS) is 12.8. The average Bonchev–Trinajstić information content (AvgIpc) is 2.93. The van der Waals surface area contributed by atoms with Gasteiger partial charge in [-0.1, -0.05) is 61.8 Å². The maximum absolute atomic E-state index is 14.0. The molecule has 2 atom stereocenters. The maximum atomic E-state index is 14.0. The first-order chi connectivity index (χ1) is 18.6. The third kappa shape index (κ3) is 7.58. The monoisotopic (exact) mass is 573 g/mol. The molecule has 208 valence electrons. The van der Waals surface area contributed by atoms with Crippen LogP contribution in [0.5, 0.6) is 0 Å². The Morgan fingerprint density at radius 3 is 2.13 bits per heavy atom. The summed E-state index contributed by atoms with van der Waals surface area (Å²) < 4.78 is 41.9. The maximum Gasteiger partial charge on any atom is 0.264 e. The number of carbonyl (C=O) groups excluding carboxylic acids is 2. The molecule has 3 aromatic rings. The van der Waals surface area contributed by atoms with E-state index in [1.54, 1.807) is 61.5 Å². The molecular formula is C29H33ClFN3O4S. The summed E-state index contributed by atoms with van der Waals surface area (Å²) in [7, 11) is -4.26. The summed E-state index contributed by atoms with van der Waals surface area (Å²) in [6.45, 7) is 5.03. The molecule has 3 aromatic carbocycles. The summed E-state index contributed by atoms with van der Waals surface area (Å²) in [6, 6.07) is 18.6. The topological polar surface area (TPSA) is 86.8 Å². The van der Waals surface area contributed by atoms with Crippen molar-refractivity contribution in [1.29, 1.82) is 0 Å². The molecule has 0 saturated heterocycles. The number of rotatable bonds is 12. The quantitative estimate of drug-likeness (QED) is 0.314. The Morgan fingerprint density at radius 1 is 0.923 bits per heavy atom. The Labute approximate surface area is 234 Å². The van der Waals surface area contributed by atoms with E-state index in [4.69, 9.17) is 11.6 Å². The van der Waals surface area contributed by atoms with E-state index in [-0.39, 0.29) is 29.1 Å². The van der Waals surface area contributed by atoms with Crippen molar-refractivity contribution < 1.29 is 22.4 Å². The second kappa shape index (κ2) is 13.6. The molecule has 0 aliphatic rings. The van der Waals surface area contributed by atoms with Gasteiger partial charge in [-0.25, -0.2) is 12.8 Å². The van der Waals surface area contributed by atoms with Crippen molar-refractivity contribution in [2.75, 3.05) is 10.8 Å². The Bertz CT molecular complexity index is 1370. The number of sulfonamides is 1. The van der Waals surface area contributed by atoms with Gasteiger partial charge in [-0.15, -0.1) is 0 Å². The van der Waals surface area contributed by atoms with Gasteiger partial charge in [-0.2, -0.15) is 0 Å². The van der Waals surface area contributed by atoms with Crippen LogP contribution in [0.25, 0.3) is 0 Å². The third-order valence-corrected chi connectivity index (χ3v) is 8.57. The van der Waals surface area contributed by atoms with Gasteiger partial charge in [-0.05, 0) is 67.8 Å². The zero-order valence-electron chi connectivity index (χ0n) is 22.2. The number of para-hydroxylation sites is 1. The van der Waals surface area contributed by atoms with E-state index in [2.05, 4.69) is 5.32 Å². The van der Waals surface area contributed by atoms with Crippen LogP contribution in [0.2, 0.25) is 5.02 Å². The van der Waals surface area contributed by atoms with Crippen LogP contribution >= 0.6 is 11.6 Å². The van der Waals surface area contributed by atoms with Gasteiger partial charge in [0.2, 0.25) is 11.8 Å². The molecule has 2 unspecified atom stereocenters. The van der Waals surface area contributed by atoms with Gasteiger partial charge in [0.25, 0.3) is 10.0 Å². The van der Waals surface area contributed by atoms with Crippen LogP contribution in [-0.2, 0) is 26.2 Å². The van der Waals surface area contributed by atoms with E-state index in [1.807, 2.05) is 13.8 Å². The Balaban J connectivity index is 2.04. The van der Waals surface area contributed by atoms with Gasteiger partial charge in [0.15, 0.2) is 0 Å².